The second kappa shape index (κ2) is 15.0. The Morgan fingerprint density at radius 3 is 2.51 bits per heavy atom. The van der Waals surface area contributed by atoms with Crippen molar-refractivity contribution in [2.75, 3.05) is 75.1 Å². The number of hydrazine groups is 1. The van der Waals surface area contributed by atoms with E-state index in [0.29, 0.717) is 43.2 Å². The number of benzene rings is 2. The summed E-state index contributed by atoms with van der Waals surface area (Å²) in [7, 11) is 2.75. The second-order valence-corrected chi connectivity index (χ2v) is 13.1. The van der Waals surface area contributed by atoms with Gasteiger partial charge in [-0.05, 0) is 44.0 Å². The molecule has 272 valence electrons. The number of carbonyl (C=O) groups is 3. The number of rotatable bonds is 9. The smallest absolute Gasteiger partial charge is 0.410 e. The van der Waals surface area contributed by atoms with E-state index < -0.39 is 18.4 Å². The van der Waals surface area contributed by atoms with Crippen molar-refractivity contribution in [1.82, 2.24) is 30.2 Å². The van der Waals surface area contributed by atoms with E-state index in [1.165, 1.54) is 25.3 Å². The molecule has 3 aromatic rings. The molecule has 14 nitrogen and oxygen atoms in total. The number of fused-ring (bicyclic) bond motifs is 1. The molecule has 16 heteroatoms. The van der Waals surface area contributed by atoms with Crippen molar-refractivity contribution in [3.8, 4) is 5.75 Å². The van der Waals surface area contributed by atoms with Crippen LogP contribution in [0.2, 0.25) is 0 Å². The van der Waals surface area contributed by atoms with Gasteiger partial charge < -0.3 is 29.5 Å². The summed E-state index contributed by atoms with van der Waals surface area (Å²) in [5.41, 5.74) is 4.94. The van der Waals surface area contributed by atoms with E-state index >= 15 is 0 Å². The van der Waals surface area contributed by atoms with Crippen LogP contribution in [0.4, 0.5) is 36.7 Å². The van der Waals surface area contributed by atoms with Gasteiger partial charge in [0.15, 0.2) is 5.82 Å². The average molecular weight is 708 g/mol. The quantitative estimate of drug-likeness (QED) is 0.337. The number of carbonyl (C=O) groups excluding carboxylic acids is 3. The van der Waals surface area contributed by atoms with Crippen LogP contribution in [-0.2, 0) is 16.1 Å². The summed E-state index contributed by atoms with van der Waals surface area (Å²) in [5, 5.41) is 4.97. The molecule has 1 unspecified atom stereocenters. The van der Waals surface area contributed by atoms with Gasteiger partial charge in [0.25, 0.3) is 11.8 Å². The van der Waals surface area contributed by atoms with Gasteiger partial charge in [-0.15, -0.1) is 0 Å². The van der Waals surface area contributed by atoms with Crippen LogP contribution in [-0.4, -0.2) is 121 Å². The summed E-state index contributed by atoms with van der Waals surface area (Å²) < 4.78 is 40.5. The molecule has 3 aliphatic rings. The summed E-state index contributed by atoms with van der Waals surface area (Å²) in [6, 6.07) is 14.4. The third kappa shape index (κ3) is 7.96. The van der Waals surface area contributed by atoms with Crippen molar-refractivity contribution in [3.05, 3.63) is 65.9 Å². The Hall–Kier alpha value is -5.09. The van der Waals surface area contributed by atoms with Gasteiger partial charge >= 0.3 is 12.0 Å². The van der Waals surface area contributed by atoms with Gasteiger partial charge in [0, 0.05) is 64.0 Å². The molecule has 2 aromatic carbocycles. The van der Waals surface area contributed by atoms with Gasteiger partial charge in [0.1, 0.15) is 18.0 Å². The van der Waals surface area contributed by atoms with Crippen molar-refractivity contribution in [2.24, 2.45) is 0 Å². The van der Waals surface area contributed by atoms with Gasteiger partial charge in [-0.1, -0.05) is 30.3 Å². The first-order chi connectivity index (χ1) is 24.4. The van der Waals surface area contributed by atoms with Gasteiger partial charge in [-0.3, -0.25) is 19.9 Å². The maximum Gasteiger partial charge on any atom is 0.410 e. The third-order valence-electron chi connectivity index (χ3n) is 9.42. The zero-order valence-electron chi connectivity index (χ0n) is 29.1. The molecule has 0 radical (unpaired) electrons. The fourth-order valence-electron chi connectivity index (χ4n) is 6.50. The predicted octanol–water partition coefficient (Wildman–Crippen LogP) is 3.73. The molecule has 3 amide bonds. The Balaban J connectivity index is 1.03. The first-order valence-electron chi connectivity index (χ1n) is 16.9. The summed E-state index contributed by atoms with van der Waals surface area (Å²) in [5.74, 6) is -4.58. The van der Waals surface area contributed by atoms with Crippen molar-refractivity contribution in [3.63, 3.8) is 0 Å². The molecule has 2 fully saturated rings. The Bertz CT molecular complexity index is 1740. The molecule has 0 spiro atoms. The molecular weight excluding hydrogens is 664 g/mol. The predicted molar refractivity (Wildman–Crippen MR) is 186 cm³/mol. The highest BCUT2D eigenvalue weighted by atomic mass is 19.3. The van der Waals surface area contributed by atoms with Crippen molar-refractivity contribution >= 4 is 41.0 Å². The number of nitrogens with one attached hydrogen (secondary N) is 2. The van der Waals surface area contributed by atoms with Crippen LogP contribution in [0.15, 0.2) is 54.7 Å². The summed E-state index contributed by atoms with van der Waals surface area (Å²) >= 11 is 0. The van der Waals surface area contributed by atoms with Crippen LogP contribution in [0.25, 0.3) is 0 Å². The Labute approximate surface area is 295 Å². The molecule has 0 aliphatic carbocycles. The lowest BCUT2D eigenvalue weighted by atomic mass is 10.1. The lowest BCUT2D eigenvalue weighted by Crippen LogP contribution is -2.53. The number of nitrogens with zero attached hydrogens (tertiary/aromatic N) is 7. The number of halogens is 2. The monoisotopic (exact) mass is 707 g/mol. The van der Waals surface area contributed by atoms with Crippen molar-refractivity contribution in [1.29, 1.82) is 0 Å². The van der Waals surface area contributed by atoms with Crippen LogP contribution in [0.3, 0.4) is 0 Å². The molecule has 0 saturated carbocycles. The first-order valence-corrected chi connectivity index (χ1v) is 16.9. The Morgan fingerprint density at radius 2 is 1.80 bits per heavy atom. The average Bonchev–Trinajstić information content (AvgIpc) is 3.58. The fraction of sp³-hybridized carbons (Fsp3) is 0.457. The van der Waals surface area contributed by atoms with E-state index in [0.717, 1.165) is 30.0 Å². The number of ether oxygens (including phenoxy) is 2. The fourth-order valence-corrected chi connectivity index (χ4v) is 6.50. The van der Waals surface area contributed by atoms with Gasteiger partial charge in [-0.2, -0.15) is 13.8 Å². The molecule has 3 aliphatic heterocycles. The SMILES string of the molecule is COc1cc(C(=O)NN2CCC(N3CCN(C(=O)OCc4ccccc4)CC3)C2)ccc1Nc1ncc2c(n1)N(C(C)C)CC(F)(F)C(=O)N2C. The maximum absolute atomic E-state index is 14.7. The van der Waals surface area contributed by atoms with Crippen LogP contribution in [0, 0.1) is 0 Å². The zero-order valence-corrected chi connectivity index (χ0v) is 29.1. The molecule has 2 N–H and O–H groups in total. The summed E-state index contributed by atoms with van der Waals surface area (Å²) in [4.78, 5) is 53.4. The molecule has 2 saturated heterocycles. The standard InChI is InChI=1S/C35H43F2N9O5/c1-23(2)46-22-35(36,37)32(48)42(3)28-19-38-33(40-30(28)46)39-27-11-10-25(18-29(27)50-4)31(47)41-45-13-12-26(20-45)43-14-16-44(17-15-43)34(49)51-21-24-8-6-5-7-9-24/h5-11,18-19,23,26H,12-17,20-22H2,1-4H3,(H,41,47)(H,38,39,40). The van der Waals surface area contributed by atoms with Gasteiger partial charge in [0.05, 0.1) is 25.5 Å². The molecule has 0 bridgehead atoms. The largest absolute Gasteiger partial charge is 0.495 e. The molecular formula is C35H43F2N9O5. The van der Waals surface area contributed by atoms with Gasteiger partial charge in [-0.25, -0.2) is 14.8 Å². The van der Waals surface area contributed by atoms with Crippen molar-refractivity contribution in [2.45, 2.75) is 44.9 Å². The van der Waals surface area contributed by atoms with Crippen LogP contribution >= 0.6 is 0 Å². The van der Waals surface area contributed by atoms with Crippen LogP contribution in [0.1, 0.15) is 36.2 Å². The van der Waals surface area contributed by atoms with E-state index in [9.17, 15) is 23.2 Å². The minimum Gasteiger partial charge on any atom is -0.495 e. The number of hydrogen-bond donors (Lipinski definition) is 2. The van der Waals surface area contributed by atoms with E-state index in [1.807, 2.05) is 35.3 Å². The number of anilines is 4. The topological polar surface area (TPSA) is 136 Å². The molecule has 1 atom stereocenters. The number of hydrogen-bond acceptors (Lipinski definition) is 11. The number of piperazine rings is 1. The van der Waals surface area contributed by atoms with E-state index in [1.54, 1.807) is 36.9 Å². The maximum atomic E-state index is 14.7. The van der Waals surface area contributed by atoms with E-state index in [2.05, 4.69) is 25.6 Å². The number of alkyl halides is 2. The summed E-state index contributed by atoms with van der Waals surface area (Å²) in [6.07, 6.45) is 1.90. The van der Waals surface area contributed by atoms with Gasteiger partial charge in [0.2, 0.25) is 5.95 Å². The molecule has 51 heavy (non-hydrogen) atoms. The van der Waals surface area contributed by atoms with Crippen LogP contribution < -0.4 is 25.3 Å². The molecule has 6 rings (SSSR count). The van der Waals surface area contributed by atoms with E-state index in [-0.39, 0.29) is 48.1 Å². The summed E-state index contributed by atoms with van der Waals surface area (Å²) in [6.45, 7) is 6.86. The normalized spacial score (nSPS) is 19.5. The number of methoxy groups -OCH3 is 1. The number of aromatic nitrogens is 2. The minimum atomic E-state index is -3.60. The van der Waals surface area contributed by atoms with Crippen molar-refractivity contribution < 1.29 is 32.6 Å². The highest BCUT2D eigenvalue weighted by molar-refractivity contribution is 6.02. The third-order valence-corrected chi connectivity index (χ3v) is 9.42. The highest BCUT2D eigenvalue weighted by Gasteiger charge is 2.47. The molecule has 1 aromatic heterocycles. The zero-order chi connectivity index (χ0) is 36.3. The van der Waals surface area contributed by atoms with Crippen LogP contribution in [0.5, 0.6) is 5.75 Å². The second-order valence-electron chi connectivity index (χ2n) is 13.1. The van der Waals surface area contributed by atoms with E-state index in [4.69, 9.17) is 9.47 Å². The Morgan fingerprint density at radius 1 is 1.06 bits per heavy atom. The number of amides is 3. The first kappa shape index (κ1) is 35.7. The molecule has 4 heterocycles. The lowest BCUT2D eigenvalue weighted by Gasteiger charge is -2.37. The minimum absolute atomic E-state index is 0.106. The lowest BCUT2D eigenvalue weighted by molar-refractivity contribution is -0.140. The highest BCUT2D eigenvalue weighted by Crippen LogP contribution is 2.37. The Kier molecular flexibility index (Phi) is 10.5.